The highest BCUT2D eigenvalue weighted by atomic mass is 19.1. The normalized spacial score (nSPS) is 11.1. The number of likely N-dealkylation sites (N-methyl/N-ethyl adjacent to an activating group) is 1. The summed E-state index contributed by atoms with van der Waals surface area (Å²) in [6.07, 6.45) is 0. The van der Waals surface area contributed by atoms with Crippen molar-refractivity contribution in [2.45, 2.75) is 20.0 Å². The van der Waals surface area contributed by atoms with Gasteiger partial charge in [0.1, 0.15) is 5.82 Å². The van der Waals surface area contributed by atoms with Crippen molar-refractivity contribution in [2.24, 2.45) is 5.73 Å². The van der Waals surface area contributed by atoms with Crippen molar-refractivity contribution in [1.29, 1.82) is 0 Å². The highest BCUT2D eigenvalue weighted by molar-refractivity contribution is 5.27. The fourth-order valence-corrected chi connectivity index (χ4v) is 1.67. The van der Waals surface area contributed by atoms with Crippen molar-refractivity contribution in [3.8, 4) is 0 Å². The molecule has 1 aromatic carbocycles. The van der Waals surface area contributed by atoms with Gasteiger partial charge in [0, 0.05) is 19.6 Å². The predicted molar refractivity (Wildman–Crippen MR) is 62.3 cm³/mol. The molecule has 0 heterocycles. The molecule has 1 rings (SSSR count). The van der Waals surface area contributed by atoms with Gasteiger partial charge in [-0.2, -0.15) is 0 Å². The molecule has 3 nitrogen and oxygen atoms in total. The van der Waals surface area contributed by atoms with Crippen molar-refractivity contribution in [2.75, 3.05) is 19.7 Å². The van der Waals surface area contributed by atoms with Crippen LogP contribution < -0.4 is 5.73 Å². The highest BCUT2D eigenvalue weighted by Gasteiger charge is 2.07. The van der Waals surface area contributed by atoms with Crippen molar-refractivity contribution in [3.05, 3.63) is 35.1 Å². The number of hydrogen-bond acceptors (Lipinski definition) is 3. The van der Waals surface area contributed by atoms with Gasteiger partial charge in [0.15, 0.2) is 0 Å². The van der Waals surface area contributed by atoms with Gasteiger partial charge < -0.3 is 10.8 Å². The molecule has 0 aliphatic heterocycles. The largest absolute Gasteiger partial charge is 0.395 e. The number of hydrogen-bond donors (Lipinski definition) is 2. The van der Waals surface area contributed by atoms with Gasteiger partial charge >= 0.3 is 0 Å². The molecule has 0 saturated heterocycles. The van der Waals surface area contributed by atoms with Crippen molar-refractivity contribution < 1.29 is 9.50 Å². The minimum atomic E-state index is -0.243. The number of halogens is 1. The van der Waals surface area contributed by atoms with Crippen LogP contribution in [0.1, 0.15) is 18.1 Å². The topological polar surface area (TPSA) is 49.5 Å². The number of nitrogens with zero attached hydrogens (tertiary/aromatic N) is 1. The Kier molecular flexibility index (Phi) is 5.38. The molecule has 0 bridgehead atoms. The molecular formula is C12H19FN2O. The van der Waals surface area contributed by atoms with E-state index < -0.39 is 0 Å². The molecular weight excluding hydrogens is 207 g/mol. The minimum Gasteiger partial charge on any atom is -0.395 e. The Bertz CT molecular complexity index is 331. The van der Waals surface area contributed by atoms with Crippen LogP contribution in [0.15, 0.2) is 18.2 Å². The molecule has 3 N–H and O–H groups in total. The lowest BCUT2D eigenvalue weighted by Crippen LogP contribution is -2.26. The maximum atomic E-state index is 13.1. The van der Waals surface area contributed by atoms with Crippen LogP contribution in [0.4, 0.5) is 4.39 Å². The Labute approximate surface area is 95.7 Å². The number of benzene rings is 1. The Hall–Kier alpha value is -0.970. The third-order valence-electron chi connectivity index (χ3n) is 2.65. The Balaban J connectivity index is 2.80. The first-order chi connectivity index (χ1) is 7.71. The van der Waals surface area contributed by atoms with Crippen LogP contribution in [-0.2, 0) is 13.1 Å². The standard InChI is InChI=1S/C12H19FN2O/c1-2-15(5-6-16)9-11-7-12(13)4-3-10(11)8-14/h3-4,7,16H,2,5-6,8-9,14H2,1H3. The van der Waals surface area contributed by atoms with E-state index >= 15 is 0 Å². The molecule has 0 spiro atoms. The lowest BCUT2D eigenvalue weighted by Gasteiger charge is -2.20. The third kappa shape index (κ3) is 3.56. The van der Waals surface area contributed by atoms with Gasteiger partial charge in [-0.3, -0.25) is 4.90 Å². The fraction of sp³-hybridized carbons (Fsp3) is 0.500. The van der Waals surface area contributed by atoms with E-state index in [1.165, 1.54) is 12.1 Å². The van der Waals surface area contributed by atoms with Crippen LogP contribution in [0.2, 0.25) is 0 Å². The molecule has 0 amide bonds. The zero-order chi connectivity index (χ0) is 12.0. The smallest absolute Gasteiger partial charge is 0.123 e. The van der Waals surface area contributed by atoms with E-state index in [2.05, 4.69) is 0 Å². The lowest BCUT2D eigenvalue weighted by molar-refractivity contribution is 0.196. The molecule has 1 aromatic rings. The molecule has 0 aliphatic carbocycles. The molecule has 0 fully saturated rings. The van der Waals surface area contributed by atoms with Crippen molar-refractivity contribution in [1.82, 2.24) is 4.90 Å². The molecule has 0 aliphatic rings. The summed E-state index contributed by atoms with van der Waals surface area (Å²) in [5.74, 6) is -0.243. The van der Waals surface area contributed by atoms with E-state index in [-0.39, 0.29) is 12.4 Å². The first-order valence-electron chi connectivity index (χ1n) is 5.51. The second-order valence-electron chi connectivity index (χ2n) is 3.71. The number of nitrogens with two attached hydrogens (primary N) is 1. The summed E-state index contributed by atoms with van der Waals surface area (Å²) < 4.78 is 13.1. The predicted octanol–water partition coefficient (Wildman–Crippen LogP) is 1.10. The summed E-state index contributed by atoms with van der Waals surface area (Å²) in [6.45, 7) is 4.57. The Morgan fingerprint density at radius 2 is 2.12 bits per heavy atom. The summed E-state index contributed by atoms with van der Waals surface area (Å²) in [6, 6.07) is 4.66. The maximum absolute atomic E-state index is 13.1. The van der Waals surface area contributed by atoms with Crippen molar-refractivity contribution in [3.63, 3.8) is 0 Å². The number of aliphatic hydroxyl groups excluding tert-OH is 1. The van der Waals surface area contributed by atoms with E-state index in [1.54, 1.807) is 6.07 Å². The molecule has 4 heteroatoms. The molecule has 0 unspecified atom stereocenters. The van der Waals surface area contributed by atoms with Gasteiger partial charge in [0.2, 0.25) is 0 Å². The SMILES string of the molecule is CCN(CCO)Cc1cc(F)ccc1CN. The summed E-state index contributed by atoms with van der Waals surface area (Å²) in [4.78, 5) is 2.05. The van der Waals surface area contributed by atoms with Gasteiger partial charge in [-0.05, 0) is 29.8 Å². The average Bonchev–Trinajstić information content (AvgIpc) is 2.29. The van der Waals surface area contributed by atoms with E-state index in [9.17, 15) is 4.39 Å². The van der Waals surface area contributed by atoms with Gasteiger partial charge in [-0.15, -0.1) is 0 Å². The zero-order valence-corrected chi connectivity index (χ0v) is 9.62. The fourth-order valence-electron chi connectivity index (χ4n) is 1.67. The third-order valence-corrected chi connectivity index (χ3v) is 2.65. The monoisotopic (exact) mass is 226 g/mol. The second kappa shape index (κ2) is 6.58. The summed E-state index contributed by atoms with van der Waals surface area (Å²) in [5.41, 5.74) is 7.46. The van der Waals surface area contributed by atoms with Gasteiger partial charge in [-0.1, -0.05) is 13.0 Å². The quantitative estimate of drug-likeness (QED) is 0.763. The number of rotatable bonds is 6. The molecule has 0 aromatic heterocycles. The van der Waals surface area contributed by atoms with E-state index in [4.69, 9.17) is 10.8 Å². The van der Waals surface area contributed by atoms with Crippen LogP contribution in [0, 0.1) is 5.82 Å². The molecule has 0 saturated carbocycles. The summed E-state index contributed by atoms with van der Waals surface area (Å²) >= 11 is 0. The van der Waals surface area contributed by atoms with E-state index in [0.29, 0.717) is 19.6 Å². The van der Waals surface area contributed by atoms with Gasteiger partial charge in [0.25, 0.3) is 0 Å². The van der Waals surface area contributed by atoms with Gasteiger partial charge in [0.05, 0.1) is 6.61 Å². The van der Waals surface area contributed by atoms with Crippen LogP contribution in [0.25, 0.3) is 0 Å². The van der Waals surface area contributed by atoms with E-state index in [1.807, 2.05) is 11.8 Å². The first-order valence-corrected chi connectivity index (χ1v) is 5.51. The van der Waals surface area contributed by atoms with Crippen LogP contribution in [0.3, 0.4) is 0 Å². The second-order valence-corrected chi connectivity index (χ2v) is 3.71. The average molecular weight is 226 g/mol. The highest BCUT2D eigenvalue weighted by Crippen LogP contribution is 2.13. The maximum Gasteiger partial charge on any atom is 0.123 e. The number of aliphatic hydroxyl groups is 1. The molecule has 16 heavy (non-hydrogen) atoms. The minimum absolute atomic E-state index is 0.112. The van der Waals surface area contributed by atoms with Crippen LogP contribution in [-0.4, -0.2) is 29.7 Å². The lowest BCUT2D eigenvalue weighted by atomic mass is 10.1. The van der Waals surface area contributed by atoms with E-state index in [0.717, 1.165) is 17.7 Å². The molecule has 90 valence electrons. The summed E-state index contributed by atoms with van der Waals surface area (Å²) in [5, 5.41) is 8.89. The van der Waals surface area contributed by atoms with Crippen LogP contribution >= 0.6 is 0 Å². The Morgan fingerprint density at radius 3 is 2.69 bits per heavy atom. The molecule has 0 radical (unpaired) electrons. The zero-order valence-electron chi connectivity index (χ0n) is 9.62. The van der Waals surface area contributed by atoms with Crippen LogP contribution in [0.5, 0.6) is 0 Å². The van der Waals surface area contributed by atoms with Gasteiger partial charge in [-0.25, -0.2) is 4.39 Å². The van der Waals surface area contributed by atoms with Crippen molar-refractivity contribution >= 4 is 0 Å². The summed E-state index contributed by atoms with van der Waals surface area (Å²) in [7, 11) is 0. The Morgan fingerprint density at radius 1 is 1.38 bits per heavy atom. The first kappa shape index (κ1) is 13.1. The molecule has 0 atom stereocenters.